The van der Waals surface area contributed by atoms with Crippen LogP contribution in [0.15, 0.2) is 72.8 Å². The zero-order valence-corrected chi connectivity index (χ0v) is 20.9. The van der Waals surface area contributed by atoms with Crippen LogP contribution in [0.5, 0.6) is 5.75 Å². The van der Waals surface area contributed by atoms with E-state index in [1.54, 1.807) is 60.7 Å². The highest BCUT2D eigenvalue weighted by Crippen LogP contribution is 2.35. The molecule has 0 saturated heterocycles. The zero-order chi connectivity index (χ0) is 25.4. The smallest absolute Gasteiger partial charge is 0.267 e. The molecule has 0 aliphatic carbocycles. The molecule has 7 nitrogen and oxygen atoms in total. The number of rotatable bonds is 5. The molecular weight excluding hydrogens is 464 g/mol. The summed E-state index contributed by atoms with van der Waals surface area (Å²) in [6.45, 7) is 6.18. The van der Waals surface area contributed by atoms with Crippen LogP contribution in [-0.2, 0) is 20.2 Å². The van der Waals surface area contributed by atoms with Gasteiger partial charge in [-0.25, -0.2) is 8.42 Å². The minimum absolute atomic E-state index is 0.0137. The van der Waals surface area contributed by atoms with Crippen LogP contribution >= 0.6 is 0 Å². The maximum absolute atomic E-state index is 13.0. The SMILES string of the molecule is CC(C)(C)c1ccc(C(=O)c2cccc(NC(=O)[C@H]3CN(S(C)(=O)=O)c4ccccc4O3)c2)cc1. The van der Waals surface area contributed by atoms with Gasteiger partial charge in [-0.05, 0) is 35.2 Å². The summed E-state index contributed by atoms with van der Waals surface area (Å²) in [5, 5.41) is 2.75. The van der Waals surface area contributed by atoms with Crippen LogP contribution in [0.25, 0.3) is 0 Å². The highest BCUT2D eigenvalue weighted by molar-refractivity contribution is 7.92. The number of benzene rings is 3. The van der Waals surface area contributed by atoms with Crippen molar-refractivity contribution in [2.75, 3.05) is 22.4 Å². The molecule has 1 aliphatic heterocycles. The van der Waals surface area contributed by atoms with E-state index in [1.807, 2.05) is 12.1 Å². The quantitative estimate of drug-likeness (QED) is 0.534. The van der Waals surface area contributed by atoms with Gasteiger partial charge in [-0.3, -0.25) is 13.9 Å². The van der Waals surface area contributed by atoms with Crippen LogP contribution in [0, 0.1) is 0 Å². The Labute approximate surface area is 205 Å². The molecular formula is C27H28N2O5S. The van der Waals surface area contributed by atoms with Crippen molar-refractivity contribution in [2.24, 2.45) is 0 Å². The molecule has 182 valence electrons. The predicted octanol–water partition coefficient (Wildman–Crippen LogP) is 4.38. The fraction of sp³-hybridized carbons (Fsp3) is 0.259. The number of nitrogens with zero attached hydrogens (tertiary/aromatic N) is 1. The minimum Gasteiger partial charge on any atom is -0.476 e. The third-order valence-electron chi connectivity index (χ3n) is 5.83. The lowest BCUT2D eigenvalue weighted by atomic mass is 9.86. The van der Waals surface area contributed by atoms with E-state index in [4.69, 9.17) is 4.74 Å². The Morgan fingerprint density at radius 2 is 1.63 bits per heavy atom. The molecule has 1 atom stereocenters. The van der Waals surface area contributed by atoms with Crippen LogP contribution in [0.4, 0.5) is 11.4 Å². The first-order chi connectivity index (χ1) is 16.4. The summed E-state index contributed by atoms with van der Waals surface area (Å²) < 4.78 is 31.6. The summed E-state index contributed by atoms with van der Waals surface area (Å²) in [5.41, 5.74) is 2.91. The van der Waals surface area contributed by atoms with Gasteiger partial charge in [0.25, 0.3) is 5.91 Å². The van der Waals surface area contributed by atoms with E-state index in [2.05, 4.69) is 26.1 Å². The van der Waals surface area contributed by atoms with E-state index in [-0.39, 0.29) is 17.7 Å². The maximum Gasteiger partial charge on any atom is 0.267 e. The van der Waals surface area contributed by atoms with Crippen molar-refractivity contribution in [3.8, 4) is 5.75 Å². The Bertz CT molecular complexity index is 1380. The molecule has 0 radical (unpaired) electrons. The average molecular weight is 493 g/mol. The number of hydrogen-bond donors (Lipinski definition) is 1. The van der Waals surface area contributed by atoms with Crippen molar-refractivity contribution in [2.45, 2.75) is 32.3 Å². The molecule has 0 aromatic heterocycles. The van der Waals surface area contributed by atoms with Crippen LogP contribution in [-0.4, -0.2) is 39.0 Å². The molecule has 35 heavy (non-hydrogen) atoms. The Morgan fingerprint density at radius 3 is 2.29 bits per heavy atom. The molecule has 0 saturated carbocycles. The highest BCUT2D eigenvalue weighted by Gasteiger charge is 2.35. The molecule has 1 aliphatic rings. The van der Waals surface area contributed by atoms with Gasteiger partial charge in [0.05, 0.1) is 18.5 Å². The van der Waals surface area contributed by atoms with E-state index in [9.17, 15) is 18.0 Å². The van der Waals surface area contributed by atoms with Gasteiger partial charge in [-0.2, -0.15) is 0 Å². The van der Waals surface area contributed by atoms with E-state index in [0.29, 0.717) is 28.3 Å². The fourth-order valence-corrected chi connectivity index (χ4v) is 4.82. The molecule has 3 aromatic rings. The van der Waals surface area contributed by atoms with Gasteiger partial charge >= 0.3 is 0 Å². The van der Waals surface area contributed by atoms with Gasteiger partial charge in [0.2, 0.25) is 10.0 Å². The molecule has 3 aromatic carbocycles. The number of amides is 1. The van der Waals surface area contributed by atoms with Crippen molar-refractivity contribution in [1.29, 1.82) is 0 Å². The number of anilines is 2. The fourth-order valence-electron chi connectivity index (χ4n) is 3.90. The molecule has 0 bridgehead atoms. The number of ether oxygens (including phenoxy) is 1. The lowest BCUT2D eigenvalue weighted by molar-refractivity contribution is -0.122. The Balaban J connectivity index is 1.52. The van der Waals surface area contributed by atoms with Crippen LogP contribution in [0.1, 0.15) is 42.3 Å². The summed E-state index contributed by atoms with van der Waals surface area (Å²) >= 11 is 0. The van der Waals surface area contributed by atoms with Crippen LogP contribution < -0.4 is 14.4 Å². The van der Waals surface area contributed by atoms with Crippen molar-refractivity contribution in [3.05, 3.63) is 89.5 Å². The summed E-state index contributed by atoms with van der Waals surface area (Å²) in [6, 6.07) is 20.8. The summed E-state index contributed by atoms with van der Waals surface area (Å²) in [6.07, 6.45) is 0.0385. The van der Waals surface area contributed by atoms with E-state index in [1.165, 1.54) is 0 Å². The van der Waals surface area contributed by atoms with Gasteiger partial charge < -0.3 is 10.1 Å². The van der Waals surface area contributed by atoms with Crippen LogP contribution in [0.3, 0.4) is 0 Å². The molecule has 0 unspecified atom stereocenters. The highest BCUT2D eigenvalue weighted by atomic mass is 32.2. The number of carbonyl (C=O) groups excluding carboxylic acids is 2. The Hall–Kier alpha value is -3.65. The van der Waals surface area contributed by atoms with E-state index >= 15 is 0 Å². The normalized spacial score (nSPS) is 15.7. The largest absolute Gasteiger partial charge is 0.476 e. The number of nitrogens with one attached hydrogen (secondary N) is 1. The molecule has 1 N–H and O–H groups in total. The molecule has 0 fully saturated rings. The van der Waals surface area contributed by atoms with Gasteiger partial charge in [-0.15, -0.1) is 0 Å². The molecule has 0 spiro atoms. The minimum atomic E-state index is -3.61. The molecule has 1 amide bonds. The Morgan fingerprint density at radius 1 is 0.943 bits per heavy atom. The lowest BCUT2D eigenvalue weighted by Gasteiger charge is -2.33. The second-order valence-corrected chi connectivity index (χ2v) is 11.5. The standard InChI is InChI=1S/C27H28N2O5S/c1-27(2,3)20-14-12-18(13-15-20)25(30)19-8-7-9-21(16-19)28-26(31)24-17-29(35(4,32)33)22-10-5-6-11-23(22)34-24/h5-16,24H,17H2,1-4H3,(H,28,31)/t24-/m1/s1. The van der Waals surface area contributed by atoms with Crippen molar-refractivity contribution in [3.63, 3.8) is 0 Å². The first kappa shape index (κ1) is 24.5. The molecule has 4 rings (SSSR count). The first-order valence-electron chi connectivity index (χ1n) is 11.2. The van der Waals surface area contributed by atoms with Gasteiger partial charge in [0.1, 0.15) is 5.75 Å². The third kappa shape index (κ3) is 5.38. The third-order valence-corrected chi connectivity index (χ3v) is 6.98. The first-order valence-corrected chi connectivity index (χ1v) is 13.1. The number of fused-ring (bicyclic) bond motifs is 1. The number of hydrogen-bond acceptors (Lipinski definition) is 5. The van der Waals surface area contributed by atoms with Gasteiger partial charge in [0.15, 0.2) is 11.9 Å². The maximum atomic E-state index is 13.0. The lowest BCUT2D eigenvalue weighted by Crippen LogP contribution is -2.48. The van der Waals surface area contributed by atoms with Crippen molar-refractivity contribution in [1.82, 2.24) is 0 Å². The average Bonchev–Trinajstić information content (AvgIpc) is 2.82. The predicted molar refractivity (Wildman–Crippen MR) is 137 cm³/mol. The van der Waals surface area contributed by atoms with Crippen LogP contribution in [0.2, 0.25) is 0 Å². The van der Waals surface area contributed by atoms with E-state index in [0.717, 1.165) is 16.1 Å². The summed E-state index contributed by atoms with van der Waals surface area (Å²) in [4.78, 5) is 26.0. The zero-order valence-electron chi connectivity index (χ0n) is 20.1. The summed E-state index contributed by atoms with van der Waals surface area (Å²) in [5.74, 6) is -0.355. The van der Waals surface area contributed by atoms with Gasteiger partial charge in [-0.1, -0.05) is 69.3 Å². The number of carbonyl (C=O) groups is 2. The second-order valence-electron chi connectivity index (χ2n) is 9.59. The second kappa shape index (κ2) is 9.19. The van der Waals surface area contributed by atoms with Crippen molar-refractivity contribution >= 4 is 33.1 Å². The van der Waals surface area contributed by atoms with Gasteiger partial charge in [0, 0.05) is 16.8 Å². The van der Waals surface area contributed by atoms with E-state index < -0.39 is 22.0 Å². The monoisotopic (exact) mass is 492 g/mol. The molecule has 1 heterocycles. The molecule has 8 heteroatoms. The van der Waals surface area contributed by atoms with Crippen molar-refractivity contribution < 1.29 is 22.7 Å². The number of ketones is 1. The number of para-hydroxylation sites is 2. The summed E-state index contributed by atoms with van der Waals surface area (Å²) in [7, 11) is -3.61. The topological polar surface area (TPSA) is 92.8 Å². The number of sulfonamides is 1. The Kier molecular flexibility index (Phi) is 6.42.